The number of halogens is 3. The summed E-state index contributed by atoms with van der Waals surface area (Å²) in [5.41, 5.74) is 14.6. The summed E-state index contributed by atoms with van der Waals surface area (Å²) in [7, 11) is 0. The van der Waals surface area contributed by atoms with Gasteiger partial charge in [-0.3, -0.25) is 43.7 Å². The van der Waals surface area contributed by atoms with Crippen LogP contribution in [0.15, 0.2) is 219 Å². The van der Waals surface area contributed by atoms with E-state index in [-0.39, 0.29) is 45.4 Å². The third-order valence-electron chi connectivity index (χ3n) is 19.4. The maximum atomic E-state index is 15.0. The van der Waals surface area contributed by atoms with Crippen molar-refractivity contribution < 1.29 is 41.9 Å². The predicted octanol–water partition coefficient (Wildman–Crippen LogP) is 22.3. The van der Waals surface area contributed by atoms with Crippen molar-refractivity contribution in [3.8, 4) is 33.4 Å². The van der Waals surface area contributed by atoms with Crippen LogP contribution >= 0.6 is 0 Å². The van der Waals surface area contributed by atoms with Gasteiger partial charge in [0, 0.05) is 90.3 Å². The highest BCUT2D eigenvalue weighted by atomic mass is 19.1. The smallest absolute Gasteiger partial charge is 0.254 e. The maximum Gasteiger partial charge on any atom is 0.254 e. The molecule has 0 radical (unpaired) electrons. The molecule has 12 aromatic rings. The van der Waals surface area contributed by atoms with E-state index in [1.54, 1.807) is 36.8 Å². The first-order valence-electron chi connectivity index (χ1n) is 38.8. The lowest BCUT2D eigenvalue weighted by Crippen LogP contribution is -2.25. The number of Topliss-reactive ketones (excluding diaryl/α,β-unsaturated/α-hetero) is 3. The first-order valence-corrected chi connectivity index (χ1v) is 38.8. The first-order chi connectivity index (χ1) is 53.5. The molecule has 570 valence electrons. The van der Waals surface area contributed by atoms with E-state index < -0.39 is 35.2 Å². The molecule has 3 N–H and O–H groups in total. The third-order valence-corrected chi connectivity index (χ3v) is 19.4. The minimum absolute atomic E-state index is 0.0344. The van der Waals surface area contributed by atoms with Crippen molar-refractivity contribution >= 4 is 67.8 Å². The summed E-state index contributed by atoms with van der Waals surface area (Å²) in [4.78, 5) is 90.4. The Hall–Kier alpha value is -11.6. The molecule has 111 heavy (non-hydrogen) atoms. The van der Waals surface area contributed by atoms with E-state index in [0.29, 0.717) is 91.5 Å². The summed E-state index contributed by atoms with van der Waals surface area (Å²) < 4.78 is 44.8. The van der Waals surface area contributed by atoms with E-state index >= 15 is 0 Å². The number of rotatable bonds is 29. The first kappa shape index (κ1) is 81.9. The number of fused-ring (bicyclic) bond motifs is 3. The number of pyridine rings is 3. The zero-order valence-electron chi connectivity index (χ0n) is 65.1. The van der Waals surface area contributed by atoms with Gasteiger partial charge in [0.25, 0.3) is 17.7 Å². The largest absolute Gasteiger partial charge is 0.352 e. The molecule has 0 spiro atoms. The molecule has 3 amide bonds. The highest BCUT2D eigenvalue weighted by Crippen LogP contribution is 2.36. The fourth-order valence-electron chi connectivity index (χ4n) is 13.5. The number of benzene rings is 9. The minimum atomic E-state index is -0.562. The molecule has 0 bridgehead atoms. The molecule has 0 atom stereocenters. The molecular weight excluding hydrogens is 1390 g/mol. The van der Waals surface area contributed by atoms with Crippen molar-refractivity contribution in [2.24, 2.45) is 11.3 Å². The van der Waals surface area contributed by atoms with Crippen molar-refractivity contribution in [2.75, 3.05) is 19.6 Å². The van der Waals surface area contributed by atoms with Crippen molar-refractivity contribution in [1.82, 2.24) is 30.9 Å². The average Bonchev–Trinajstić information content (AvgIpc) is 0.784. The Morgan fingerprint density at radius 2 is 0.658 bits per heavy atom. The van der Waals surface area contributed by atoms with Crippen molar-refractivity contribution in [3.63, 3.8) is 0 Å². The summed E-state index contributed by atoms with van der Waals surface area (Å²) in [5, 5.41) is 10.9. The molecule has 15 heteroatoms. The Balaban J connectivity index is 0.000000177. The summed E-state index contributed by atoms with van der Waals surface area (Å²) in [6.07, 6.45) is 14.3. The van der Waals surface area contributed by atoms with Crippen LogP contribution in [0.2, 0.25) is 0 Å². The number of nitrogens with one attached hydrogen (secondary N) is 3. The van der Waals surface area contributed by atoms with Gasteiger partial charge in [-0.1, -0.05) is 209 Å². The number of carbonyl (C=O) groups is 6. The number of hydrogen-bond donors (Lipinski definition) is 3. The van der Waals surface area contributed by atoms with Crippen LogP contribution in [0, 0.1) is 28.8 Å². The van der Waals surface area contributed by atoms with Gasteiger partial charge in [-0.25, -0.2) is 13.2 Å². The number of ketones is 3. The maximum absolute atomic E-state index is 15.0. The van der Waals surface area contributed by atoms with E-state index in [0.717, 1.165) is 128 Å². The molecule has 0 aliphatic carbocycles. The molecule has 12 rings (SSSR count). The molecule has 12 nitrogen and oxygen atoms in total. The van der Waals surface area contributed by atoms with Crippen LogP contribution in [0.3, 0.4) is 0 Å². The second-order valence-corrected chi connectivity index (χ2v) is 29.9. The summed E-state index contributed by atoms with van der Waals surface area (Å²) in [6, 6.07) is 61.5. The Bertz CT molecular complexity index is 5290. The Morgan fingerprint density at radius 1 is 0.360 bits per heavy atom. The summed E-state index contributed by atoms with van der Waals surface area (Å²) >= 11 is 0. The van der Waals surface area contributed by atoms with Crippen LogP contribution in [0.4, 0.5) is 13.2 Å². The van der Waals surface area contributed by atoms with Gasteiger partial charge in [-0.15, -0.1) is 0 Å². The molecule has 0 aliphatic heterocycles. The number of carbonyl (C=O) groups excluding carboxylic acids is 6. The van der Waals surface area contributed by atoms with Gasteiger partial charge in [-0.05, 0) is 196 Å². The van der Waals surface area contributed by atoms with Crippen molar-refractivity contribution in [2.45, 2.75) is 146 Å². The Morgan fingerprint density at radius 3 is 0.946 bits per heavy atom. The second-order valence-electron chi connectivity index (χ2n) is 29.9. The molecule has 0 saturated carbocycles. The predicted molar refractivity (Wildman–Crippen MR) is 442 cm³/mol. The van der Waals surface area contributed by atoms with Crippen molar-refractivity contribution in [1.29, 1.82) is 0 Å². The van der Waals surface area contributed by atoms with E-state index in [9.17, 15) is 41.9 Å². The zero-order chi connectivity index (χ0) is 79.1. The van der Waals surface area contributed by atoms with Crippen LogP contribution in [0.5, 0.6) is 0 Å². The molecule has 3 aromatic heterocycles. The fraction of sp³-hybridized carbons (Fsp3) is 0.281. The van der Waals surface area contributed by atoms with Gasteiger partial charge in [0.1, 0.15) is 17.5 Å². The minimum Gasteiger partial charge on any atom is -0.352 e. The number of amides is 3. The molecule has 0 fully saturated rings. The average molecular weight is 1490 g/mol. The lowest BCUT2D eigenvalue weighted by molar-refractivity contribution is 0.0931. The number of unbranched alkanes of at least 4 members (excludes halogenated alkanes) is 3. The van der Waals surface area contributed by atoms with Crippen LogP contribution < -0.4 is 16.0 Å². The SMILES string of the molecule is CCCCNC(=O)c1ccc(-c2ccc3ncc(C(=O)CC(C)(C)C)c(Cc4ccccc4)c3c2)cc1F.CCCCNC(=O)c1ccc(-c2ccc3ncc(C(=O)CC(C)C)c(Cc4ccccc4)c3c2)cc1F.CCCCNC(=O)c1ccc(-c2ccc3ncc(C(=O)CCC)c(Cc4ccccc4)c3c2)cc1F. The highest BCUT2D eigenvalue weighted by molar-refractivity contribution is 6.05. The molecule has 9 aromatic carbocycles. The van der Waals surface area contributed by atoms with E-state index in [1.165, 1.54) is 36.4 Å². The van der Waals surface area contributed by atoms with E-state index in [1.807, 2.05) is 187 Å². The third kappa shape index (κ3) is 21.9. The van der Waals surface area contributed by atoms with Crippen LogP contribution in [-0.4, -0.2) is 69.7 Å². The molecular formula is C96H99F3N6O6. The topological polar surface area (TPSA) is 177 Å². The normalized spacial score (nSPS) is 11.2. The van der Waals surface area contributed by atoms with Gasteiger partial charge < -0.3 is 16.0 Å². The van der Waals surface area contributed by atoms with Gasteiger partial charge in [-0.2, -0.15) is 0 Å². The lowest BCUT2D eigenvalue weighted by Gasteiger charge is -2.19. The molecule has 0 aliphatic rings. The fourth-order valence-corrected chi connectivity index (χ4v) is 13.5. The number of aromatic nitrogens is 3. The Labute approximate surface area is 650 Å². The highest BCUT2D eigenvalue weighted by Gasteiger charge is 2.25. The number of nitrogens with zero attached hydrogens (tertiary/aromatic N) is 3. The molecule has 0 unspecified atom stereocenters. The van der Waals surface area contributed by atoms with Crippen LogP contribution in [0.1, 0.15) is 222 Å². The van der Waals surface area contributed by atoms with Gasteiger partial charge >= 0.3 is 0 Å². The molecule has 0 saturated heterocycles. The van der Waals surface area contributed by atoms with Gasteiger partial charge in [0.15, 0.2) is 17.3 Å². The molecule has 3 heterocycles. The van der Waals surface area contributed by atoms with Crippen LogP contribution in [0.25, 0.3) is 66.1 Å². The quantitative estimate of drug-likeness (QED) is 0.0304. The lowest BCUT2D eigenvalue weighted by atomic mass is 9.85. The summed E-state index contributed by atoms with van der Waals surface area (Å²) in [5.74, 6) is -2.44. The standard InChI is InChI=1S/C33H35FN2O2.C32H33FN2O2.C31H31FN2O2/c1-5-6-16-35-32(38)25-14-12-24(19-29(25)34)23-13-15-30-27(18-23)26(17-22-10-8-7-9-11-22)28(21-36-30)31(37)20-33(2,3)4;1-4-5-15-34-32(37)25-13-11-24(19-29(25)33)23-12-14-30-27(18-23)26(17-22-9-7-6-8-10-22)28(20-35-30)31(36)16-21(2)3;1-3-5-16-33-31(36)24-14-12-23(19-28(24)32)22-13-15-29-26(18-22)25(17-21-10-7-6-8-11-21)27(20-34-29)30(35)9-4-2/h7-15,18-19,21H,5-6,16-17,20H2,1-4H3,(H,35,38);6-14,18-21H,4-5,15-17H2,1-3H3,(H,34,37);6-8,10-15,18-20H,3-5,9,16-17H2,1-2H3,(H,33,36). The Kier molecular flexibility index (Phi) is 28.9. The second kappa shape index (κ2) is 39.2. The van der Waals surface area contributed by atoms with Gasteiger partial charge in [0.2, 0.25) is 0 Å². The van der Waals surface area contributed by atoms with E-state index in [2.05, 4.69) is 51.7 Å². The number of hydrogen-bond acceptors (Lipinski definition) is 9. The summed E-state index contributed by atoms with van der Waals surface area (Å²) in [6.45, 7) is 19.9. The van der Waals surface area contributed by atoms with E-state index in [4.69, 9.17) is 0 Å². The monoisotopic (exact) mass is 1490 g/mol. The zero-order valence-corrected chi connectivity index (χ0v) is 65.1. The van der Waals surface area contributed by atoms with Crippen LogP contribution in [-0.2, 0) is 19.3 Å². The van der Waals surface area contributed by atoms with Gasteiger partial charge in [0.05, 0.1) is 33.2 Å². The van der Waals surface area contributed by atoms with Crippen molar-refractivity contribution in [3.05, 3.63) is 303 Å².